The molecular formula is C14H18FN3O3. The van der Waals surface area contributed by atoms with Crippen LogP contribution in [0.25, 0.3) is 0 Å². The number of para-hydroxylation sites is 1. The fourth-order valence-electron chi connectivity index (χ4n) is 2.66. The van der Waals surface area contributed by atoms with Gasteiger partial charge in [0, 0.05) is 19.6 Å². The van der Waals surface area contributed by atoms with Crippen LogP contribution in [-0.2, 0) is 9.47 Å². The molecule has 21 heavy (non-hydrogen) atoms. The number of carbonyl (C=O) groups is 1. The average Bonchev–Trinajstić information content (AvgIpc) is 2.89. The highest BCUT2D eigenvalue weighted by Gasteiger charge is 2.34. The first-order valence-electron chi connectivity index (χ1n) is 7.00. The Morgan fingerprint density at radius 2 is 2.10 bits per heavy atom. The van der Waals surface area contributed by atoms with Gasteiger partial charge in [0.25, 0.3) is 0 Å². The smallest absolute Gasteiger partial charge is 0.414 e. The molecule has 2 aliphatic rings. The summed E-state index contributed by atoms with van der Waals surface area (Å²) in [4.78, 5) is 15.3. The van der Waals surface area contributed by atoms with Crippen LogP contribution in [0.4, 0.5) is 20.6 Å². The Morgan fingerprint density at radius 3 is 2.76 bits per heavy atom. The first-order valence-corrected chi connectivity index (χ1v) is 7.00. The highest BCUT2D eigenvalue weighted by molar-refractivity contribution is 5.94. The van der Waals surface area contributed by atoms with E-state index >= 15 is 0 Å². The number of nitrogens with zero attached hydrogens (tertiary/aromatic N) is 2. The zero-order valence-corrected chi connectivity index (χ0v) is 11.6. The van der Waals surface area contributed by atoms with Gasteiger partial charge in [-0.15, -0.1) is 0 Å². The van der Waals surface area contributed by atoms with Crippen molar-refractivity contribution in [1.82, 2.24) is 0 Å². The van der Waals surface area contributed by atoms with E-state index in [1.165, 1.54) is 11.0 Å². The van der Waals surface area contributed by atoms with E-state index in [-0.39, 0.29) is 18.5 Å². The molecule has 2 fully saturated rings. The summed E-state index contributed by atoms with van der Waals surface area (Å²) in [6, 6.07) is 4.72. The number of anilines is 2. The number of cyclic esters (lactones) is 1. The number of morpholine rings is 1. The van der Waals surface area contributed by atoms with Gasteiger partial charge in [-0.05, 0) is 12.1 Å². The van der Waals surface area contributed by atoms with Gasteiger partial charge in [-0.25, -0.2) is 9.18 Å². The highest BCUT2D eigenvalue weighted by atomic mass is 19.1. The molecule has 1 amide bonds. The molecule has 1 aromatic carbocycles. The van der Waals surface area contributed by atoms with E-state index in [9.17, 15) is 9.18 Å². The third-order valence-electron chi connectivity index (χ3n) is 3.72. The predicted molar refractivity (Wildman–Crippen MR) is 76.1 cm³/mol. The SMILES string of the molecule is NCC1CN(c2cccc(F)c2N2CCOCC2)C(=O)O1. The lowest BCUT2D eigenvalue weighted by Crippen LogP contribution is -2.38. The van der Waals surface area contributed by atoms with Crippen molar-refractivity contribution in [1.29, 1.82) is 0 Å². The van der Waals surface area contributed by atoms with Crippen molar-refractivity contribution in [2.45, 2.75) is 6.10 Å². The van der Waals surface area contributed by atoms with E-state index in [0.717, 1.165) is 0 Å². The van der Waals surface area contributed by atoms with Crippen LogP contribution in [0.5, 0.6) is 0 Å². The third-order valence-corrected chi connectivity index (χ3v) is 3.72. The molecule has 0 aliphatic carbocycles. The topological polar surface area (TPSA) is 68.0 Å². The molecule has 1 atom stereocenters. The Balaban J connectivity index is 1.95. The quantitative estimate of drug-likeness (QED) is 0.899. The minimum atomic E-state index is -0.481. The fraction of sp³-hybridized carbons (Fsp3) is 0.500. The summed E-state index contributed by atoms with van der Waals surface area (Å²) >= 11 is 0. The molecule has 6 nitrogen and oxygen atoms in total. The van der Waals surface area contributed by atoms with Crippen molar-refractivity contribution < 1.29 is 18.7 Å². The maximum atomic E-state index is 14.3. The van der Waals surface area contributed by atoms with E-state index in [1.54, 1.807) is 12.1 Å². The van der Waals surface area contributed by atoms with Crippen LogP contribution in [0.2, 0.25) is 0 Å². The molecule has 2 N–H and O–H groups in total. The Bertz CT molecular complexity index is 534. The van der Waals surface area contributed by atoms with Crippen molar-refractivity contribution in [3.63, 3.8) is 0 Å². The number of nitrogens with two attached hydrogens (primary N) is 1. The first-order chi connectivity index (χ1) is 10.2. The lowest BCUT2D eigenvalue weighted by molar-refractivity contribution is 0.122. The van der Waals surface area contributed by atoms with Gasteiger partial charge < -0.3 is 20.1 Å². The second-order valence-corrected chi connectivity index (χ2v) is 5.06. The molecule has 7 heteroatoms. The van der Waals surface area contributed by atoms with E-state index in [1.807, 2.05) is 4.90 Å². The summed E-state index contributed by atoms with van der Waals surface area (Å²) in [5, 5.41) is 0. The molecule has 2 aliphatic heterocycles. The minimum Gasteiger partial charge on any atom is -0.443 e. The van der Waals surface area contributed by atoms with E-state index in [0.29, 0.717) is 44.2 Å². The number of rotatable bonds is 3. The number of amides is 1. The molecule has 114 valence electrons. The van der Waals surface area contributed by atoms with Crippen LogP contribution in [0.15, 0.2) is 18.2 Å². The van der Waals surface area contributed by atoms with Gasteiger partial charge in [0.2, 0.25) is 0 Å². The van der Waals surface area contributed by atoms with E-state index in [2.05, 4.69) is 0 Å². The molecular weight excluding hydrogens is 277 g/mol. The maximum Gasteiger partial charge on any atom is 0.414 e. The van der Waals surface area contributed by atoms with Gasteiger partial charge >= 0.3 is 6.09 Å². The number of ether oxygens (including phenoxy) is 2. The Kier molecular flexibility index (Phi) is 3.94. The minimum absolute atomic E-state index is 0.254. The largest absolute Gasteiger partial charge is 0.443 e. The van der Waals surface area contributed by atoms with Gasteiger partial charge in [0.15, 0.2) is 0 Å². The van der Waals surface area contributed by atoms with E-state index in [4.69, 9.17) is 15.2 Å². The third kappa shape index (κ3) is 2.66. The van der Waals surface area contributed by atoms with Crippen molar-refractivity contribution in [3.05, 3.63) is 24.0 Å². The van der Waals surface area contributed by atoms with Crippen LogP contribution >= 0.6 is 0 Å². The van der Waals surface area contributed by atoms with Crippen LogP contribution in [0, 0.1) is 5.82 Å². The monoisotopic (exact) mass is 295 g/mol. The highest BCUT2D eigenvalue weighted by Crippen LogP contribution is 2.35. The van der Waals surface area contributed by atoms with Crippen LogP contribution < -0.4 is 15.5 Å². The van der Waals surface area contributed by atoms with Crippen molar-refractivity contribution >= 4 is 17.5 Å². The number of halogens is 1. The Morgan fingerprint density at radius 1 is 1.33 bits per heavy atom. The molecule has 1 unspecified atom stereocenters. The number of hydrogen-bond donors (Lipinski definition) is 1. The Labute approximate surface area is 122 Å². The molecule has 2 heterocycles. The standard InChI is InChI=1S/C14H18FN3O3/c15-11-2-1-3-12(13(11)17-4-6-20-7-5-17)18-9-10(8-16)21-14(18)19/h1-3,10H,4-9,16H2. The molecule has 1 aromatic rings. The molecule has 2 saturated heterocycles. The second-order valence-electron chi connectivity index (χ2n) is 5.06. The Hall–Kier alpha value is -1.86. The van der Waals surface area contributed by atoms with Gasteiger partial charge in [0.1, 0.15) is 11.9 Å². The summed E-state index contributed by atoms with van der Waals surface area (Å²) in [6.45, 7) is 2.88. The summed E-state index contributed by atoms with van der Waals surface area (Å²) in [5.74, 6) is -0.349. The summed E-state index contributed by atoms with van der Waals surface area (Å²) in [6.07, 6.45) is -0.830. The van der Waals surface area contributed by atoms with Gasteiger partial charge in [-0.3, -0.25) is 4.90 Å². The molecule has 3 rings (SSSR count). The summed E-state index contributed by atoms with van der Waals surface area (Å²) < 4.78 is 24.8. The number of hydrogen-bond acceptors (Lipinski definition) is 5. The van der Waals surface area contributed by atoms with Gasteiger partial charge in [-0.2, -0.15) is 0 Å². The van der Waals surface area contributed by atoms with Crippen molar-refractivity contribution in [2.24, 2.45) is 5.73 Å². The predicted octanol–water partition coefficient (Wildman–Crippen LogP) is 0.946. The average molecular weight is 295 g/mol. The van der Waals surface area contributed by atoms with Crippen LogP contribution in [-0.4, -0.2) is 51.6 Å². The molecule has 0 spiro atoms. The van der Waals surface area contributed by atoms with Crippen LogP contribution in [0.1, 0.15) is 0 Å². The second kappa shape index (κ2) is 5.87. The summed E-state index contributed by atoms with van der Waals surface area (Å²) in [5.41, 5.74) is 6.49. The normalized spacial score (nSPS) is 22.6. The number of benzene rings is 1. The number of carbonyl (C=O) groups excluding carboxylic acids is 1. The molecule has 0 saturated carbocycles. The first kappa shape index (κ1) is 14.1. The van der Waals surface area contributed by atoms with Crippen molar-refractivity contribution in [2.75, 3.05) is 49.2 Å². The van der Waals surface area contributed by atoms with Gasteiger partial charge in [0.05, 0.1) is 31.1 Å². The van der Waals surface area contributed by atoms with Crippen LogP contribution in [0.3, 0.4) is 0 Å². The molecule has 0 aromatic heterocycles. The zero-order valence-electron chi connectivity index (χ0n) is 11.6. The lowest BCUT2D eigenvalue weighted by atomic mass is 10.2. The van der Waals surface area contributed by atoms with Crippen molar-refractivity contribution in [3.8, 4) is 0 Å². The summed E-state index contributed by atoms with van der Waals surface area (Å²) in [7, 11) is 0. The molecule has 0 radical (unpaired) electrons. The molecule has 0 bridgehead atoms. The maximum absolute atomic E-state index is 14.3. The van der Waals surface area contributed by atoms with Gasteiger partial charge in [-0.1, -0.05) is 6.07 Å². The van der Waals surface area contributed by atoms with E-state index < -0.39 is 6.09 Å². The zero-order chi connectivity index (χ0) is 14.8. The fourth-order valence-corrected chi connectivity index (χ4v) is 2.66. The lowest BCUT2D eigenvalue weighted by Gasteiger charge is -2.32.